The smallest absolute Gasteiger partial charge is 0.115 e. The fraction of sp³-hybridized carbons (Fsp3) is 0.632. The first-order valence-corrected chi connectivity index (χ1v) is 7.84. The van der Waals surface area contributed by atoms with Crippen molar-refractivity contribution < 1.29 is 0 Å². The van der Waals surface area contributed by atoms with Crippen molar-refractivity contribution in [3.63, 3.8) is 0 Å². The summed E-state index contributed by atoms with van der Waals surface area (Å²) in [5.74, 6) is 1.18. The van der Waals surface area contributed by atoms with E-state index in [2.05, 4.69) is 73.9 Å². The Morgan fingerprint density at radius 2 is 1.24 bits per heavy atom. The summed E-state index contributed by atoms with van der Waals surface area (Å²) in [7, 11) is 2.17. The molecule has 0 unspecified atom stereocenters. The summed E-state index contributed by atoms with van der Waals surface area (Å²) in [6.07, 6.45) is 0. The molecule has 0 saturated heterocycles. The Morgan fingerprint density at radius 1 is 0.762 bits per heavy atom. The van der Waals surface area contributed by atoms with Crippen LogP contribution in [0.1, 0.15) is 62.7 Å². The largest absolute Gasteiger partial charge is 0.330 e. The highest BCUT2D eigenvalue weighted by Crippen LogP contribution is 2.42. The maximum atomic E-state index is 5.08. The number of benzene rings is 1. The average molecular weight is 286 g/mol. The number of fused-ring (bicyclic) bond motifs is 1. The highest BCUT2D eigenvalue weighted by atomic mass is 15.1. The van der Waals surface area contributed by atoms with E-state index in [0.717, 1.165) is 0 Å². The molecule has 21 heavy (non-hydrogen) atoms. The minimum atomic E-state index is 0.0153. The van der Waals surface area contributed by atoms with E-state index in [4.69, 9.17) is 4.98 Å². The van der Waals surface area contributed by atoms with Gasteiger partial charge in [-0.3, -0.25) is 0 Å². The van der Waals surface area contributed by atoms with E-state index in [1.54, 1.807) is 0 Å². The lowest BCUT2D eigenvalue weighted by Crippen LogP contribution is -2.36. The third kappa shape index (κ3) is 2.11. The standard InChI is InChI=1S/C19H30N2/c1-11-12(2)14(4)16-15(13(11)3)20-17(21(16)10)19(8,9)18(5,6)7/h1-10H3. The number of hydrogen-bond donors (Lipinski definition) is 0. The second-order valence-electron chi connectivity index (χ2n) is 8.07. The highest BCUT2D eigenvalue weighted by Gasteiger charge is 2.38. The van der Waals surface area contributed by atoms with Gasteiger partial charge in [-0.1, -0.05) is 34.6 Å². The number of imidazole rings is 1. The van der Waals surface area contributed by atoms with Gasteiger partial charge in [-0.05, 0) is 55.4 Å². The Hall–Kier alpha value is -1.31. The van der Waals surface area contributed by atoms with Gasteiger partial charge in [0.25, 0.3) is 0 Å². The number of rotatable bonds is 1. The molecule has 1 heterocycles. The summed E-state index contributed by atoms with van der Waals surface area (Å²) in [6, 6.07) is 0. The molecule has 1 aromatic carbocycles. The van der Waals surface area contributed by atoms with E-state index < -0.39 is 0 Å². The molecule has 0 atom stereocenters. The first kappa shape index (κ1) is 16.1. The molecule has 0 amide bonds. The lowest BCUT2D eigenvalue weighted by Gasteiger charge is -2.38. The molecule has 0 fully saturated rings. The van der Waals surface area contributed by atoms with Crippen LogP contribution < -0.4 is 0 Å². The van der Waals surface area contributed by atoms with E-state index in [9.17, 15) is 0 Å². The summed E-state index contributed by atoms with van der Waals surface area (Å²) in [4.78, 5) is 5.08. The molecule has 0 spiro atoms. The summed E-state index contributed by atoms with van der Waals surface area (Å²) in [6.45, 7) is 20.3. The summed E-state index contributed by atoms with van der Waals surface area (Å²) < 4.78 is 2.31. The van der Waals surface area contributed by atoms with Crippen molar-refractivity contribution >= 4 is 11.0 Å². The number of aromatic nitrogens is 2. The van der Waals surface area contributed by atoms with Crippen LogP contribution in [0.2, 0.25) is 0 Å². The number of nitrogens with zero attached hydrogens (tertiary/aromatic N) is 2. The Morgan fingerprint density at radius 3 is 1.71 bits per heavy atom. The molecule has 0 saturated carbocycles. The van der Waals surface area contributed by atoms with Gasteiger partial charge in [-0.25, -0.2) is 4.98 Å². The van der Waals surface area contributed by atoms with Crippen LogP contribution in [0.5, 0.6) is 0 Å². The Labute approximate surface area is 129 Å². The lowest BCUT2D eigenvalue weighted by atomic mass is 9.69. The molecule has 0 aliphatic heterocycles. The van der Waals surface area contributed by atoms with E-state index in [1.165, 1.54) is 39.1 Å². The van der Waals surface area contributed by atoms with Gasteiger partial charge >= 0.3 is 0 Å². The summed E-state index contributed by atoms with van der Waals surface area (Å²) >= 11 is 0. The molecule has 0 bridgehead atoms. The zero-order valence-corrected chi connectivity index (χ0v) is 15.4. The van der Waals surface area contributed by atoms with Gasteiger partial charge in [-0.2, -0.15) is 0 Å². The Kier molecular flexibility index (Phi) is 3.51. The first-order valence-electron chi connectivity index (χ1n) is 7.84. The first-order chi connectivity index (χ1) is 9.41. The van der Waals surface area contributed by atoms with Crippen LogP contribution in [0.15, 0.2) is 0 Å². The Bertz CT molecular complexity index is 710. The van der Waals surface area contributed by atoms with Crippen molar-refractivity contribution in [2.75, 3.05) is 0 Å². The molecule has 116 valence electrons. The molecule has 2 aromatic rings. The van der Waals surface area contributed by atoms with Crippen LogP contribution in [0.25, 0.3) is 11.0 Å². The summed E-state index contributed by atoms with van der Waals surface area (Å²) in [5.41, 5.74) is 8.09. The quantitative estimate of drug-likeness (QED) is 0.710. The number of aryl methyl sites for hydroxylation is 3. The van der Waals surface area contributed by atoms with Crippen LogP contribution in [-0.4, -0.2) is 9.55 Å². The van der Waals surface area contributed by atoms with E-state index in [-0.39, 0.29) is 10.8 Å². The summed E-state index contributed by atoms with van der Waals surface area (Å²) in [5, 5.41) is 0. The van der Waals surface area contributed by atoms with E-state index in [1.807, 2.05) is 0 Å². The molecule has 0 radical (unpaired) electrons. The van der Waals surface area contributed by atoms with Crippen molar-refractivity contribution in [2.24, 2.45) is 12.5 Å². The third-order valence-electron chi connectivity index (χ3n) is 5.93. The van der Waals surface area contributed by atoms with Gasteiger partial charge < -0.3 is 4.57 Å². The van der Waals surface area contributed by atoms with Crippen LogP contribution in [0, 0.1) is 33.1 Å². The molecule has 2 rings (SSSR count). The predicted molar refractivity (Wildman–Crippen MR) is 92.1 cm³/mol. The van der Waals surface area contributed by atoms with Crippen LogP contribution in [0.3, 0.4) is 0 Å². The van der Waals surface area contributed by atoms with Gasteiger partial charge in [-0.15, -0.1) is 0 Å². The van der Waals surface area contributed by atoms with Gasteiger partial charge in [0.05, 0.1) is 11.0 Å². The van der Waals surface area contributed by atoms with Gasteiger partial charge in [0.1, 0.15) is 5.82 Å². The molecular formula is C19H30N2. The minimum absolute atomic E-state index is 0.0153. The van der Waals surface area contributed by atoms with Crippen LogP contribution >= 0.6 is 0 Å². The molecular weight excluding hydrogens is 256 g/mol. The zero-order chi connectivity index (χ0) is 16.3. The van der Waals surface area contributed by atoms with Crippen molar-refractivity contribution in [1.82, 2.24) is 9.55 Å². The van der Waals surface area contributed by atoms with Crippen LogP contribution in [-0.2, 0) is 12.5 Å². The molecule has 0 N–H and O–H groups in total. The third-order valence-corrected chi connectivity index (χ3v) is 5.93. The maximum absolute atomic E-state index is 5.08. The highest BCUT2D eigenvalue weighted by molar-refractivity contribution is 5.85. The fourth-order valence-electron chi connectivity index (χ4n) is 3.00. The van der Waals surface area contributed by atoms with Gasteiger partial charge in [0.2, 0.25) is 0 Å². The molecule has 1 aromatic heterocycles. The average Bonchev–Trinajstić information content (AvgIpc) is 2.71. The molecule has 2 heteroatoms. The van der Waals surface area contributed by atoms with Gasteiger partial charge in [0, 0.05) is 12.5 Å². The molecule has 0 aliphatic carbocycles. The van der Waals surface area contributed by atoms with E-state index >= 15 is 0 Å². The second-order valence-corrected chi connectivity index (χ2v) is 8.07. The monoisotopic (exact) mass is 286 g/mol. The molecule has 2 nitrogen and oxygen atoms in total. The maximum Gasteiger partial charge on any atom is 0.115 e. The lowest BCUT2D eigenvalue weighted by molar-refractivity contribution is 0.210. The molecule has 0 aliphatic rings. The normalized spacial score (nSPS) is 13.2. The van der Waals surface area contributed by atoms with E-state index in [0.29, 0.717) is 0 Å². The number of hydrogen-bond acceptors (Lipinski definition) is 1. The second kappa shape index (κ2) is 4.59. The van der Waals surface area contributed by atoms with Crippen LogP contribution in [0.4, 0.5) is 0 Å². The zero-order valence-electron chi connectivity index (χ0n) is 15.4. The van der Waals surface area contributed by atoms with Gasteiger partial charge in [0.15, 0.2) is 0 Å². The van der Waals surface area contributed by atoms with Crippen molar-refractivity contribution in [3.8, 4) is 0 Å². The Balaban J connectivity index is 2.92. The van der Waals surface area contributed by atoms with Crippen molar-refractivity contribution in [3.05, 3.63) is 28.1 Å². The minimum Gasteiger partial charge on any atom is -0.330 e. The predicted octanol–water partition coefficient (Wildman–Crippen LogP) is 5.13. The van der Waals surface area contributed by atoms with Crippen molar-refractivity contribution in [2.45, 2.75) is 67.7 Å². The van der Waals surface area contributed by atoms with Crippen molar-refractivity contribution in [1.29, 1.82) is 0 Å². The fourth-order valence-corrected chi connectivity index (χ4v) is 3.00. The SMILES string of the molecule is Cc1c(C)c(C)c2c(nc(C(C)(C)C(C)(C)C)n2C)c1C. The topological polar surface area (TPSA) is 17.8 Å².